The van der Waals surface area contributed by atoms with E-state index >= 15 is 0 Å². The van der Waals surface area contributed by atoms with E-state index in [0.717, 1.165) is 0 Å². The van der Waals surface area contributed by atoms with Gasteiger partial charge in [0.05, 0.1) is 13.2 Å². The molecule has 1 heterocycles. The molecule has 1 rings (SSSR count). The molecule has 0 radical (unpaired) electrons. The second-order valence-corrected chi connectivity index (χ2v) is 2.95. The van der Waals surface area contributed by atoms with Crippen LogP contribution in [0, 0.1) is 0 Å². The van der Waals surface area contributed by atoms with Crippen LogP contribution in [-0.4, -0.2) is 21.3 Å². The number of halogens is 1. The van der Waals surface area contributed by atoms with Crippen molar-refractivity contribution in [1.29, 1.82) is 0 Å². The van der Waals surface area contributed by atoms with Gasteiger partial charge in [-0.15, -0.1) is 0 Å². The van der Waals surface area contributed by atoms with Crippen molar-refractivity contribution >= 4 is 11.6 Å². The summed E-state index contributed by atoms with van der Waals surface area (Å²) in [7, 11) is 0. The first kappa shape index (κ1) is 10.2. The predicted octanol–water partition coefficient (Wildman–Crippen LogP) is 0.451. The summed E-state index contributed by atoms with van der Waals surface area (Å²) in [6.45, 7) is 2.08. The first-order valence-electron chi connectivity index (χ1n) is 4.06. The lowest BCUT2D eigenvalue weighted by Crippen LogP contribution is -2.25. The maximum absolute atomic E-state index is 11.3. The van der Waals surface area contributed by atoms with E-state index in [0.29, 0.717) is 12.2 Å². The van der Waals surface area contributed by atoms with Crippen molar-refractivity contribution in [3.8, 4) is 0 Å². The molecule has 13 heavy (non-hydrogen) atoms. The highest BCUT2D eigenvalue weighted by atomic mass is 35.5. The zero-order valence-corrected chi connectivity index (χ0v) is 8.08. The fraction of sp³-hybridized carbons (Fsp3) is 0.500. The van der Waals surface area contributed by atoms with E-state index < -0.39 is 0 Å². The van der Waals surface area contributed by atoms with Crippen LogP contribution in [0.25, 0.3) is 0 Å². The Kier molecular flexibility index (Phi) is 3.45. The van der Waals surface area contributed by atoms with Crippen LogP contribution in [0.4, 0.5) is 0 Å². The third-order valence-electron chi connectivity index (χ3n) is 1.70. The second-order valence-electron chi connectivity index (χ2n) is 2.56. The maximum Gasteiger partial charge on any atom is 0.255 e. The molecule has 0 saturated heterocycles. The number of hydrogen-bond donors (Lipinski definition) is 1. The van der Waals surface area contributed by atoms with Gasteiger partial charge >= 0.3 is 0 Å². The lowest BCUT2D eigenvalue weighted by Gasteiger charge is -2.08. The van der Waals surface area contributed by atoms with Gasteiger partial charge in [0.25, 0.3) is 5.56 Å². The first-order valence-corrected chi connectivity index (χ1v) is 4.44. The minimum atomic E-state index is -0.217. The lowest BCUT2D eigenvalue weighted by molar-refractivity contribution is 0.271. The van der Waals surface area contributed by atoms with E-state index in [2.05, 4.69) is 4.98 Å². The van der Waals surface area contributed by atoms with Gasteiger partial charge in [0.2, 0.25) is 0 Å². The van der Waals surface area contributed by atoms with Crippen LogP contribution in [0.15, 0.2) is 10.9 Å². The van der Waals surface area contributed by atoms with Crippen LogP contribution in [-0.2, 0) is 13.0 Å². The van der Waals surface area contributed by atoms with Gasteiger partial charge in [-0.1, -0.05) is 18.5 Å². The summed E-state index contributed by atoms with van der Waals surface area (Å²) in [5.74, 6) is 0.603. The Morgan fingerprint density at radius 3 is 2.92 bits per heavy atom. The van der Waals surface area contributed by atoms with Gasteiger partial charge in [0.1, 0.15) is 11.0 Å². The van der Waals surface area contributed by atoms with Crippen LogP contribution < -0.4 is 5.56 Å². The Hall–Kier alpha value is -0.870. The Balaban J connectivity index is 3.22. The average Bonchev–Trinajstić information content (AvgIpc) is 2.09. The fourth-order valence-electron chi connectivity index (χ4n) is 1.13. The van der Waals surface area contributed by atoms with Crippen LogP contribution in [0.1, 0.15) is 12.7 Å². The van der Waals surface area contributed by atoms with Crippen molar-refractivity contribution in [2.24, 2.45) is 0 Å². The number of aromatic nitrogens is 2. The van der Waals surface area contributed by atoms with Crippen molar-refractivity contribution < 1.29 is 5.11 Å². The van der Waals surface area contributed by atoms with E-state index in [4.69, 9.17) is 16.7 Å². The molecule has 0 atom stereocenters. The molecule has 4 nitrogen and oxygen atoms in total. The Morgan fingerprint density at radius 1 is 1.69 bits per heavy atom. The Morgan fingerprint density at radius 2 is 2.38 bits per heavy atom. The number of rotatable bonds is 3. The molecule has 1 aromatic rings. The van der Waals surface area contributed by atoms with E-state index in [-0.39, 0.29) is 23.9 Å². The molecule has 0 bridgehead atoms. The predicted molar refractivity (Wildman–Crippen MR) is 50.0 cm³/mol. The number of aliphatic hydroxyl groups excluding tert-OH is 1. The van der Waals surface area contributed by atoms with Crippen molar-refractivity contribution in [2.75, 3.05) is 6.61 Å². The van der Waals surface area contributed by atoms with Gasteiger partial charge in [-0.25, -0.2) is 4.98 Å². The van der Waals surface area contributed by atoms with Crippen LogP contribution in [0.5, 0.6) is 0 Å². The smallest absolute Gasteiger partial charge is 0.255 e. The van der Waals surface area contributed by atoms with Crippen molar-refractivity contribution in [3.05, 3.63) is 27.4 Å². The number of aliphatic hydroxyl groups is 1. The third-order valence-corrected chi connectivity index (χ3v) is 1.89. The highest BCUT2D eigenvalue weighted by Crippen LogP contribution is 2.02. The van der Waals surface area contributed by atoms with Gasteiger partial charge in [-0.3, -0.25) is 9.36 Å². The molecule has 0 aliphatic carbocycles. The molecule has 1 N–H and O–H groups in total. The molecule has 1 aromatic heterocycles. The van der Waals surface area contributed by atoms with Gasteiger partial charge in [-0.05, 0) is 0 Å². The zero-order chi connectivity index (χ0) is 9.84. The van der Waals surface area contributed by atoms with Gasteiger partial charge in [0, 0.05) is 12.5 Å². The number of hydrogen-bond acceptors (Lipinski definition) is 3. The summed E-state index contributed by atoms with van der Waals surface area (Å²) < 4.78 is 1.42. The topological polar surface area (TPSA) is 55.1 Å². The molecule has 0 fully saturated rings. The molecule has 5 heteroatoms. The summed E-state index contributed by atoms with van der Waals surface area (Å²) in [4.78, 5) is 15.3. The number of nitrogens with zero attached hydrogens (tertiary/aromatic N) is 2. The highest BCUT2D eigenvalue weighted by molar-refractivity contribution is 6.29. The summed E-state index contributed by atoms with van der Waals surface area (Å²) in [6, 6.07) is 1.25. The molecule has 0 saturated carbocycles. The molecule has 72 valence electrons. The van der Waals surface area contributed by atoms with Crippen molar-refractivity contribution in [2.45, 2.75) is 19.9 Å². The standard InChI is InChI=1S/C8H11ClN2O2/c1-2-7-10-6(9)5-8(13)11(7)3-4-12/h5,12H,2-4H2,1H3. The molecule has 0 aliphatic rings. The quantitative estimate of drug-likeness (QED) is 0.725. The highest BCUT2D eigenvalue weighted by Gasteiger charge is 2.04. The molecular formula is C8H11ClN2O2. The first-order chi connectivity index (χ1) is 6.19. The lowest BCUT2D eigenvalue weighted by atomic mass is 10.4. The maximum atomic E-state index is 11.3. The van der Waals surface area contributed by atoms with E-state index in [1.165, 1.54) is 10.6 Å². The molecule has 0 amide bonds. The molecule has 0 spiro atoms. The van der Waals surface area contributed by atoms with Crippen molar-refractivity contribution in [3.63, 3.8) is 0 Å². The van der Waals surface area contributed by atoms with Crippen LogP contribution >= 0.6 is 11.6 Å². The Bertz CT molecular complexity index is 348. The summed E-state index contributed by atoms with van der Waals surface area (Å²) in [5, 5.41) is 8.92. The SMILES string of the molecule is CCc1nc(Cl)cc(=O)n1CCO. The summed E-state index contributed by atoms with van der Waals surface area (Å²) in [5.41, 5.74) is -0.217. The van der Waals surface area contributed by atoms with Crippen LogP contribution in [0.2, 0.25) is 5.15 Å². The van der Waals surface area contributed by atoms with E-state index in [1.54, 1.807) is 0 Å². The molecule has 0 aromatic carbocycles. The summed E-state index contributed by atoms with van der Waals surface area (Å²) >= 11 is 5.61. The monoisotopic (exact) mass is 202 g/mol. The van der Waals surface area contributed by atoms with Crippen LogP contribution in [0.3, 0.4) is 0 Å². The number of aryl methyl sites for hydroxylation is 1. The minimum Gasteiger partial charge on any atom is -0.395 e. The normalized spacial score (nSPS) is 10.4. The second kappa shape index (κ2) is 4.39. The largest absolute Gasteiger partial charge is 0.395 e. The van der Waals surface area contributed by atoms with Gasteiger partial charge in [0.15, 0.2) is 0 Å². The van der Waals surface area contributed by atoms with E-state index in [9.17, 15) is 4.79 Å². The van der Waals surface area contributed by atoms with Gasteiger partial charge in [-0.2, -0.15) is 0 Å². The molecular weight excluding hydrogens is 192 g/mol. The zero-order valence-electron chi connectivity index (χ0n) is 7.33. The minimum absolute atomic E-state index is 0.0732. The van der Waals surface area contributed by atoms with Gasteiger partial charge < -0.3 is 5.11 Å². The Labute approximate surface area is 80.8 Å². The van der Waals surface area contributed by atoms with E-state index in [1.807, 2.05) is 6.92 Å². The molecule has 0 unspecified atom stereocenters. The fourth-order valence-corrected chi connectivity index (χ4v) is 1.32. The van der Waals surface area contributed by atoms with Crippen molar-refractivity contribution in [1.82, 2.24) is 9.55 Å². The molecule has 0 aliphatic heterocycles. The third kappa shape index (κ3) is 2.29. The summed E-state index contributed by atoms with van der Waals surface area (Å²) in [6.07, 6.45) is 0.621. The average molecular weight is 203 g/mol.